The van der Waals surface area contributed by atoms with Crippen LogP contribution in [0.5, 0.6) is 5.75 Å². The maximum atomic E-state index is 13.5. The number of amides is 3. The van der Waals surface area contributed by atoms with E-state index in [9.17, 15) is 24.7 Å². The molecule has 0 spiro atoms. The third-order valence-electron chi connectivity index (χ3n) is 4.92. The predicted molar refractivity (Wildman–Crippen MR) is 97.5 cm³/mol. The van der Waals surface area contributed by atoms with Crippen LogP contribution in [-0.2, 0) is 9.59 Å². The number of anilines is 1. The van der Waals surface area contributed by atoms with E-state index in [1.165, 1.54) is 7.11 Å². The van der Waals surface area contributed by atoms with Gasteiger partial charge in [0.25, 0.3) is 5.91 Å². The maximum Gasteiger partial charge on any atom is 0.323 e. The van der Waals surface area contributed by atoms with Crippen LogP contribution in [-0.4, -0.2) is 65.8 Å². The smallest absolute Gasteiger partial charge is 0.323 e. The molecule has 3 rings (SSSR count). The van der Waals surface area contributed by atoms with E-state index >= 15 is 0 Å². The van der Waals surface area contributed by atoms with E-state index in [-0.39, 0.29) is 38.5 Å². The molecular formula is C17H23N5O6. The molecule has 3 atom stereocenters. The molecule has 2 heterocycles. The van der Waals surface area contributed by atoms with Gasteiger partial charge in [-0.3, -0.25) is 20.2 Å². The van der Waals surface area contributed by atoms with Gasteiger partial charge in [-0.2, -0.15) is 5.01 Å². The zero-order valence-electron chi connectivity index (χ0n) is 15.4. The molecule has 2 saturated heterocycles. The van der Waals surface area contributed by atoms with Gasteiger partial charge in [0, 0.05) is 31.1 Å². The molecule has 0 bridgehead atoms. The van der Waals surface area contributed by atoms with Gasteiger partial charge in [-0.25, -0.2) is 9.55 Å². The first-order chi connectivity index (χ1) is 13.3. The quantitative estimate of drug-likeness (QED) is 0.424. The van der Waals surface area contributed by atoms with E-state index in [0.29, 0.717) is 11.4 Å². The van der Waals surface area contributed by atoms with Crippen LogP contribution in [0.3, 0.4) is 0 Å². The Morgan fingerprint density at radius 1 is 1.43 bits per heavy atom. The van der Waals surface area contributed by atoms with Gasteiger partial charge in [-0.15, -0.1) is 0 Å². The molecule has 0 aromatic heterocycles. The number of methoxy groups -OCH3 is 1. The van der Waals surface area contributed by atoms with Gasteiger partial charge in [0.2, 0.25) is 0 Å². The second-order valence-corrected chi connectivity index (χ2v) is 6.76. The lowest BCUT2D eigenvalue weighted by Gasteiger charge is -2.54. The van der Waals surface area contributed by atoms with Crippen molar-refractivity contribution in [3.05, 3.63) is 29.5 Å². The van der Waals surface area contributed by atoms with Gasteiger partial charge < -0.3 is 20.4 Å². The van der Waals surface area contributed by atoms with Crippen LogP contribution in [0.2, 0.25) is 0 Å². The van der Waals surface area contributed by atoms with Crippen molar-refractivity contribution in [1.82, 2.24) is 15.6 Å². The third-order valence-corrected chi connectivity index (χ3v) is 4.92. The summed E-state index contributed by atoms with van der Waals surface area (Å²) in [4.78, 5) is 36.1. The number of hydrogen-bond acceptors (Lipinski definition) is 6. The van der Waals surface area contributed by atoms with E-state index in [1.807, 2.05) is 0 Å². The van der Waals surface area contributed by atoms with Crippen molar-refractivity contribution in [3.63, 3.8) is 0 Å². The number of urea groups is 1. The minimum atomic E-state index is -1.23. The Morgan fingerprint density at radius 2 is 2.21 bits per heavy atom. The molecule has 1 aromatic carbocycles. The number of hydroxylamine groups is 2. The number of carboxylic acids is 1. The highest BCUT2D eigenvalue weighted by Gasteiger charge is 2.48. The summed E-state index contributed by atoms with van der Waals surface area (Å²) in [5.41, 5.74) is 0.471. The van der Waals surface area contributed by atoms with Crippen LogP contribution in [0, 0.1) is 11.1 Å². The molecule has 3 unspecified atom stereocenters. The topological polar surface area (TPSA) is 143 Å². The summed E-state index contributed by atoms with van der Waals surface area (Å²) in [7, 11) is 1.50. The lowest BCUT2D eigenvalue weighted by molar-refractivity contribution is -1.01. The summed E-state index contributed by atoms with van der Waals surface area (Å²) < 4.78 is 3.87. The van der Waals surface area contributed by atoms with Crippen molar-refractivity contribution in [3.8, 4) is 5.75 Å². The number of rotatable bonds is 4. The Kier molecular flexibility index (Phi) is 5.68. The minimum absolute atomic E-state index is 0.0677. The fourth-order valence-corrected chi connectivity index (χ4v) is 3.46. The fourth-order valence-electron chi connectivity index (χ4n) is 3.46. The molecule has 11 nitrogen and oxygen atoms in total. The highest BCUT2D eigenvalue weighted by molar-refractivity contribution is 5.89. The van der Waals surface area contributed by atoms with Crippen molar-refractivity contribution >= 4 is 23.6 Å². The van der Waals surface area contributed by atoms with Gasteiger partial charge >= 0.3 is 12.0 Å². The number of carbonyl (C=O) groups excluding carboxylic acids is 2. The molecule has 0 radical (unpaired) electrons. The Bertz CT molecular complexity index is 774. The van der Waals surface area contributed by atoms with Crippen molar-refractivity contribution in [2.24, 2.45) is 5.92 Å². The maximum absolute atomic E-state index is 13.5. The number of nitrogens with zero attached hydrogens (tertiary/aromatic N) is 2. The van der Waals surface area contributed by atoms with Gasteiger partial charge in [0.15, 0.2) is 6.17 Å². The highest BCUT2D eigenvalue weighted by Crippen LogP contribution is 2.29. The molecule has 4 N–H and O–H groups in total. The lowest BCUT2D eigenvalue weighted by atomic mass is 10.1. The first-order valence-electron chi connectivity index (χ1n) is 8.88. The summed E-state index contributed by atoms with van der Waals surface area (Å²) in [5, 5.41) is 32.0. The number of hydrogen-bond donors (Lipinski definition) is 4. The van der Waals surface area contributed by atoms with E-state index in [2.05, 4.69) is 16.0 Å². The minimum Gasteiger partial charge on any atom is -0.604 e. The van der Waals surface area contributed by atoms with E-state index in [0.717, 1.165) is 5.01 Å². The van der Waals surface area contributed by atoms with E-state index in [1.54, 1.807) is 24.3 Å². The summed E-state index contributed by atoms with van der Waals surface area (Å²) >= 11 is 0. The zero-order valence-corrected chi connectivity index (χ0v) is 15.4. The molecular weight excluding hydrogens is 370 g/mol. The lowest BCUT2D eigenvalue weighted by Crippen LogP contribution is -2.72. The average Bonchev–Trinajstić information content (AvgIpc) is 2.84. The zero-order chi connectivity index (χ0) is 20.3. The molecule has 28 heavy (non-hydrogen) atoms. The number of nitrogens with one attached hydrogen (secondary N) is 3. The normalized spacial score (nSPS) is 27.4. The first-order valence-corrected chi connectivity index (χ1v) is 8.88. The average molecular weight is 393 g/mol. The predicted octanol–water partition coefficient (Wildman–Crippen LogP) is 0.256. The van der Waals surface area contributed by atoms with Gasteiger partial charge in [0.1, 0.15) is 24.9 Å². The van der Waals surface area contributed by atoms with Crippen molar-refractivity contribution in [2.45, 2.75) is 19.0 Å². The number of carboxylic acid groups (broad SMARTS) is 1. The number of fused-ring (bicyclic) bond motifs is 1. The Balaban J connectivity index is 1.76. The third kappa shape index (κ3) is 4.01. The molecule has 11 heteroatoms. The summed E-state index contributed by atoms with van der Waals surface area (Å²) in [6, 6.07) is 6.09. The van der Waals surface area contributed by atoms with Crippen molar-refractivity contribution < 1.29 is 29.0 Å². The van der Waals surface area contributed by atoms with Crippen LogP contribution in [0.4, 0.5) is 10.5 Å². The number of quaternary nitrogens is 1. The Morgan fingerprint density at radius 3 is 2.93 bits per heavy atom. The number of carbonyl (C=O) groups is 3. The van der Waals surface area contributed by atoms with Crippen LogP contribution in [0.15, 0.2) is 24.3 Å². The fraction of sp³-hybridized carbons (Fsp3) is 0.471. The number of aliphatic carboxylic acids is 1. The van der Waals surface area contributed by atoms with Crippen LogP contribution < -0.4 is 20.7 Å². The van der Waals surface area contributed by atoms with Crippen molar-refractivity contribution in [1.29, 1.82) is 0 Å². The van der Waals surface area contributed by atoms with Crippen molar-refractivity contribution in [2.75, 3.05) is 32.2 Å². The monoisotopic (exact) mass is 393 g/mol. The molecule has 152 valence electrons. The van der Waals surface area contributed by atoms with Crippen LogP contribution in [0.1, 0.15) is 12.8 Å². The SMILES string of the molecule is COc1cccc(NC(=O)NC2CCC(=O)N3CNCC(C(=O)O)C[N+]23[O-])c1. The number of benzene rings is 1. The Labute approximate surface area is 161 Å². The van der Waals surface area contributed by atoms with E-state index in [4.69, 9.17) is 4.74 Å². The molecule has 0 saturated carbocycles. The summed E-state index contributed by atoms with van der Waals surface area (Å²) in [6.07, 6.45) is -0.771. The molecule has 2 fully saturated rings. The molecule has 0 aliphatic carbocycles. The molecule has 3 amide bonds. The first kappa shape index (κ1) is 19.9. The molecule has 2 aliphatic rings. The molecule has 1 aromatic rings. The van der Waals surface area contributed by atoms with Gasteiger partial charge in [-0.1, -0.05) is 6.07 Å². The highest BCUT2D eigenvalue weighted by atomic mass is 16.6. The van der Waals surface area contributed by atoms with Gasteiger partial charge in [-0.05, 0) is 12.1 Å². The van der Waals surface area contributed by atoms with Crippen LogP contribution in [0.25, 0.3) is 0 Å². The van der Waals surface area contributed by atoms with Crippen LogP contribution >= 0.6 is 0 Å². The number of ether oxygens (including phenoxy) is 1. The Hall–Kier alpha value is -2.89. The summed E-state index contributed by atoms with van der Waals surface area (Å²) in [5.74, 6) is -1.92. The van der Waals surface area contributed by atoms with Gasteiger partial charge in [0.05, 0.1) is 7.11 Å². The summed E-state index contributed by atoms with van der Waals surface area (Å²) in [6.45, 7) is -0.343. The molecule has 2 aliphatic heterocycles. The standard InChI is InChI=1S/C17H23N5O6/c1-28-13-4-2-3-12(7-13)19-17(26)20-14-5-6-15(23)21-10-18-8-11(16(24)25)9-22(14,21)27/h2-4,7,11,14,18H,5-6,8-10H2,1H3,(H,24,25)(H2,19,20,26). The second-order valence-electron chi connectivity index (χ2n) is 6.76. The second kappa shape index (κ2) is 8.00. The van der Waals surface area contributed by atoms with E-state index < -0.39 is 28.8 Å². The largest absolute Gasteiger partial charge is 0.604 e.